The van der Waals surface area contributed by atoms with Crippen molar-refractivity contribution in [3.05, 3.63) is 34.5 Å². The maximum atomic E-state index is 6.16. The molecule has 0 amide bonds. The molecule has 1 aromatic carbocycles. The average Bonchev–Trinajstić information content (AvgIpc) is 2.91. The van der Waals surface area contributed by atoms with Gasteiger partial charge in [-0.2, -0.15) is 0 Å². The fraction of sp³-hybridized carbons (Fsp3) is 0.529. The van der Waals surface area contributed by atoms with Crippen molar-refractivity contribution >= 4 is 26.9 Å². The lowest BCUT2D eigenvalue weighted by Crippen LogP contribution is -2.29. The maximum Gasteiger partial charge on any atom is 0.148 e. The molecular formula is C17H22BrNO. The van der Waals surface area contributed by atoms with E-state index in [2.05, 4.69) is 46.4 Å². The Labute approximate surface area is 129 Å². The SMILES string of the molecule is CCNC(c1cc2cccc(Br)c2o1)C1CCCCC1. The highest BCUT2D eigenvalue weighted by molar-refractivity contribution is 9.10. The van der Waals surface area contributed by atoms with E-state index in [0.717, 1.165) is 22.4 Å². The van der Waals surface area contributed by atoms with Crippen LogP contribution in [-0.2, 0) is 0 Å². The Kier molecular flexibility index (Phi) is 4.47. The van der Waals surface area contributed by atoms with Gasteiger partial charge in [0, 0.05) is 5.39 Å². The van der Waals surface area contributed by atoms with E-state index in [1.807, 2.05) is 6.07 Å². The van der Waals surface area contributed by atoms with E-state index in [0.29, 0.717) is 12.0 Å². The monoisotopic (exact) mass is 335 g/mol. The Morgan fingerprint density at radius 1 is 1.30 bits per heavy atom. The standard InChI is InChI=1S/C17H22BrNO/c1-2-19-16(12-7-4-3-5-8-12)15-11-13-9-6-10-14(18)17(13)20-15/h6,9-12,16,19H,2-5,7-8H2,1H3. The molecule has 108 valence electrons. The number of hydrogen-bond donors (Lipinski definition) is 1. The van der Waals surface area contributed by atoms with E-state index in [1.54, 1.807) is 0 Å². The first-order valence-corrected chi connectivity index (χ1v) is 8.50. The summed E-state index contributed by atoms with van der Waals surface area (Å²) in [5.74, 6) is 1.81. The van der Waals surface area contributed by atoms with Crippen molar-refractivity contribution in [2.24, 2.45) is 5.92 Å². The molecule has 0 radical (unpaired) electrons. The average molecular weight is 336 g/mol. The van der Waals surface area contributed by atoms with Crippen LogP contribution in [0.3, 0.4) is 0 Å². The second-order valence-corrected chi connectivity index (χ2v) is 6.59. The highest BCUT2D eigenvalue weighted by Gasteiger charge is 2.27. The number of furan rings is 1. The number of para-hydroxylation sites is 1. The number of hydrogen-bond acceptors (Lipinski definition) is 2. The van der Waals surface area contributed by atoms with Crippen molar-refractivity contribution in [1.29, 1.82) is 0 Å². The summed E-state index contributed by atoms with van der Waals surface area (Å²) in [5.41, 5.74) is 0.973. The third-order valence-corrected chi connectivity index (χ3v) is 4.99. The Morgan fingerprint density at radius 2 is 2.10 bits per heavy atom. The third-order valence-electron chi connectivity index (χ3n) is 4.37. The molecule has 2 aromatic rings. The zero-order valence-electron chi connectivity index (χ0n) is 12.0. The molecule has 0 saturated heterocycles. The van der Waals surface area contributed by atoms with Gasteiger partial charge in [0.1, 0.15) is 11.3 Å². The number of rotatable bonds is 4. The molecule has 0 spiro atoms. The van der Waals surface area contributed by atoms with Gasteiger partial charge in [-0.05, 0) is 53.4 Å². The predicted molar refractivity (Wildman–Crippen MR) is 86.9 cm³/mol. The van der Waals surface area contributed by atoms with Crippen molar-refractivity contribution in [3.63, 3.8) is 0 Å². The largest absolute Gasteiger partial charge is 0.458 e. The van der Waals surface area contributed by atoms with Gasteiger partial charge in [-0.15, -0.1) is 0 Å². The Hall–Kier alpha value is -0.800. The third kappa shape index (κ3) is 2.79. The predicted octanol–water partition coefficient (Wildman–Crippen LogP) is 5.43. The summed E-state index contributed by atoms with van der Waals surface area (Å²) in [5, 5.41) is 4.83. The van der Waals surface area contributed by atoms with Crippen LogP contribution in [0.15, 0.2) is 33.2 Å². The van der Waals surface area contributed by atoms with Gasteiger partial charge in [0.25, 0.3) is 0 Å². The van der Waals surface area contributed by atoms with Crippen LogP contribution in [0.5, 0.6) is 0 Å². The first kappa shape index (κ1) is 14.2. The summed E-state index contributed by atoms with van der Waals surface area (Å²) in [6, 6.07) is 8.80. The van der Waals surface area contributed by atoms with Crippen LogP contribution >= 0.6 is 15.9 Å². The summed E-state index contributed by atoms with van der Waals surface area (Å²) >= 11 is 3.58. The van der Waals surface area contributed by atoms with Crippen LogP contribution in [0.1, 0.15) is 50.8 Å². The molecular weight excluding hydrogens is 314 g/mol. The molecule has 3 heteroatoms. The van der Waals surface area contributed by atoms with Gasteiger partial charge in [-0.3, -0.25) is 0 Å². The lowest BCUT2D eigenvalue weighted by molar-refractivity contribution is 0.250. The number of fused-ring (bicyclic) bond motifs is 1. The van der Waals surface area contributed by atoms with Crippen LogP contribution in [0, 0.1) is 5.92 Å². The van der Waals surface area contributed by atoms with E-state index in [-0.39, 0.29) is 0 Å². The summed E-state index contributed by atoms with van der Waals surface area (Å²) in [7, 11) is 0. The summed E-state index contributed by atoms with van der Waals surface area (Å²) in [6.07, 6.45) is 6.74. The fourth-order valence-electron chi connectivity index (χ4n) is 3.39. The van der Waals surface area contributed by atoms with Gasteiger partial charge in [-0.25, -0.2) is 0 Å². The molecule has 1 aliphatic carbocycles. The minimum absolute atomic E-state index is 0.361. The number of benzene rings is 1. The second kappa shape index (κ2) is 6.31. The molecule has 0 aliphatic heterocycles. The molecule has 20 heavy (non-hydrogen) atoms. The fourth-order valence-corrected chi connectivity index (χ4v) is 3.85. The molecule has 1 saturated carbocycles. The van der Waals surface area contributed by atoms with Crippen molar-refractivity contribution in [1.82, 2.24) is 5.32 Å². The van der Waals surface area contributed by atoms with Crippen molar-refractivity contribution in [3.8, 4) is 0 Å². The van der Waals surface area contributed by atoms with Crippen LogP contribution < -0.4 is 5.32 Å². The molecule has 1 N–H and O–H groups in total. The van der Waals surface area contributed by atoms with Crippen LogP contribution in [0.2, 0.25) is 0 Å². The molecule has 1 fully saturated rings. The van der Waals surface area contributed by atoms with Crippen molar-refractivity contribution in [2.45, 2.75) is 45.1 Å². The number of nitrogens with one attached hydrogen (secondary N) is 1. The Balaban J connectivity index is 1.93. The van der Waals surface area contributed by atoms with Crippen molar-refractivity contribution < 1.29 is 4.42 Å². The highest BCUT2D eigenvalue weighted by atomic mass is 79.9. The number of halogens is 1. The lowest BCUT2D eigenvalue weighted by Gasteiger charge is -2.29. The first-order valence-electron chi connectivity index (χ1n) is 7.71. The highest BCUT2D eigenvalue weighted by Crippen LogP contribution is 2.37. The first-order chi connectivity index (χ1) is 9.79. The van der Waals surface area contributed by atoms with Gasteiger partial charge in [0.15, 0.2) is 0 Å². The summed E-state index contributed by atoms with van der Waals surface area (Å²) in [4.78, 5) is 0. The molecule has 2 nitrogen and oxygen atoms in total. The van der Waals surface area contributed by atoms with Crippen LogP contribution in [0.4, 0.5) is 0 Å². The zero-order valence-corrected chi connectivity index (χ0v) is 13.6. The molecule has 1 aromatic heterocycles. The van der Waals surface area contributed by atoms with Gasteiger partial charge < -0.3 is 9.73 Å². The smallest absolute Gasteiger partial charge is 0.148 e. The minimum Gasteiger partial charge on any atom is -0.458 e. The molecule has 1 atom stereocenters. The van der Waals surface area contributed by atoms with E-state index >= 15 is 0 Å². The lowest BCUT2D eigenvalue weighted by atomic mass is 9.83. The molecule has 1 heterocycles. The second-order valence-electron chi connectivity index (χ2n) is 5.74. The van der Waals surface area contributed by atoms with Crippen molar-refractivity contribution in [2.75, 3.05) is 6.54 Å². The van der Waals surface area contributed by atoms with Gasteiger partial charge >= 0.3 is 0 Å². The van der Waals surface area contributed by atoms with Gasteiger partial charge in [-0.1, -0.05) is 38.3 Å². The molecule has 3 rings (SSSR count). The van der Waals surface area contributed by atoms with Gasteiger partial charge in [0.2, 0.25) is 0 Å². The molecule has 1 unspecified atom stereocenters. The molecule has 0 bridgehead atoms. The van der Waals surface area contributed by atoms with Crippen LogP contribution in [-0.4, -0.2) is 6.54 Å². The van der Waals surface area contributed by atoms with E-state index in [9.17, 15) is 0 Å². The topological polar surface area (TPSA) is 25.2 Å². The van der Waals surface area contributed by atoms with E-state index < -0.39 is 0 Å². The quantitative estimate of drug-likeness (QED) is 0.806. The minimum atomic E-state index is 0.361. The Bertz CT molecular complexity index is 571. The molecule has 1 aliphatic rings. The summed E-state index contributed by atoms with van der Waals surface area (Å²) in [6.45, 7) is 3.16. The van der Waals surface area contributed by atoms with Gasteiger partial charge in [0.05, 0.1) is 10.5 Å². The maximum absolute atomic E-state index is 6.16. The van der Waals surface area contributed by atoms with Crippen LogP contribution in [0.25, 0.3) is 11.0 Å². The summed E-state index contributed by atoms with van der Waals surface area (Å²) < 4.78 is 7.20. The Morgan fingerprint density at radius 3 is 2.80 bits per heavy atom. The normalized spacial score (nSPS) is 18.5. The van der Waals surface area contributed by atoms with E-state index in [1.165, 1.54) is 37.5 Å². The van der Waals surface area contributed by atoms with E-state index in [4.69, 9.17) is 4.42 Å². The zero-order chi connectivity index (χ0) is 13.9.